The zero-order valence-corrected chi connectivity index (χ0v) is 15.2. The average Bonchev–Trinajstić information content (AvgIpc) is 2.60. The topological polar surface area (TPSA) is 109 Å². The fraction of sp³-hybridized carbons (Fsp3) is 0.0556. The molecule has 0 amide bonds. The van der Waals surface area contributed by atoms with Gasteiger partial charge in [-0.2, -0.15) is 0 Å². The quantitative estimate of drug-likeness (QED) is 0.578. The summed E-state index contributed by atoms with van der Waals surface area (Å²) in [6, 6.07) is 16.1. The molecule has 0 aromatic heterocycles. The van der Waals surface area contributed by atoms with E-state index < -0.39 is 16.0 Å². The maximum Gasteiger partial charge on any atom is 0.335 e. The Morgan fingerprint density at radius 2 is 1.58 bits per heavy atom. The second kappa shape index (κ2) is 7.74. The van der Waals surface area contributed by atoms with Gasteiger partial charge in [-0.25, -0.2) is 17.9 Å². The van der Waals surface area contributed by atoms with Gasteiger partial charge in [0.15, 0.2) is 0 Å². The van der Waals surface area contributed by atoms with Crippen LogP contribution in [0.4, 0.5) is 5.69 Å². The van der Waals surface area contributed by atoms with E-state index in [1.54, 1.807) is 42.5 Å². The summed E-state index contributed by atoms with van der Waals surface area (Å²) < 4.78 is 27.9. The minimum atomic E-state index is -3.75. The van der Waals surface area contributed by atoms with E-state index in [1.165, 1.54) is 18.2 Å². The van der Waals surface area contributed by atoms with Gasteiger partial charge >= 0.3 is 5.97 Å². The number of hydrogen-bond donors (Lipinski definition) is 3. The van der Waals surface area contributed by atoms with Crippen LogP contribution in [-0.4, -0.2) is 19.5 Å². The van der Waals surface area contributed by atoms with Crippen LogP contribution in [0.3, 0.4) is 0 Å². The summed E-state index contributed by atoms with van der Waals surface area (Å²) in [5.41, 5.74) is 7.23. The highest BCUT2D eigenvalue weighted by Gasteiger charge is 2.17. The van der Waals surface area contributed by atoms with Crippen LogP contribution in [-0.2, 0) is 16.6 Å². The Kier molecular flexibility index (Phi) is 5.86. The molecule has 0 radical (unpaired) electrons. The zero-order chi connectivity index (χ0) is 18.0. The standard InChI is InChI=1S/C18H16N2O4S.ClH/c19-16-5-1-4-15-14(16)3-2-6-17(15)25(23,24)20-11-12-7-9-13(10-8-12)18(21)22;/h1-10,20H,11,19H2,(H,21,22);1H. The molecule has 0 aliphatic heterocycles. The number of carboxylic acids is 1. The Hall–Kier alpha value is -2.61. The Balaban J connectivity index is 0.00000243. The predicted octanol–water partition coefficient (Wildman–Crippen LogP) is 3.02. The summed E-state index contributed by atoms with van der Waals surface area (Å²) in [7, 11) is -3.75. The smallest absolute Gasteiger partial charge is 0.335 e. The number of halogens is 1. The summed E-state index contributed by atoms with van der Waals surface area (Å²) in [5.74, 6) is -1.03. The van der Waals surface area contributed by atoms with Gasteiger partial charge in [-0.05, 0) is 29.8 Å². The van der Waals surface area contributed by atoms with E-state index in [0.29, 0.717) is 22.0 Å². The third kappa shape index (κ3) is 3.96. The van der Waals surface area contributed by atoms with Gasteiger partial charge in [-0.15, -0.1) is 12.4 Å². The third-order valence-corrected chi connectivity index (χ3v) is 5.33. The summed E-state index contributed by atoms with van der Waals surface area (Å²) in [5, 5.41) is 10.1. The van der Waals surface area contributed by atoms with Crippen molar-refractivity contribution in [3.8, 4) is 0 Å². The van der Waals surface area contributed by atoms with Crippen molar-refractivity contribution in [2.75, 3.05) is 5.73 Å². The molecule has 0 saturated heterocycles. The van der Waals surface area contributed by atoms with Gasteiger partial charge < -0.3 is 10.8 Å². The van der Waals surface area contributed by atoms with Gasteiger partial charge in [0.05, 0.1) is 10.5 Å². The number of aromatic carboxylic acids is 1. The molecule has 0 saturated carbocycles. The number of carbonyl (C=O) groups is 1. The lowest BCUT2D eigenvalue weighted by atomic mass is 10.1. The molecule has 3 rings (SSSR count). The first kappa shape index (κ1) is 19.7. The molecule has 0 heterocycles. The first-order valence-corrected chi connectivity index (χ1v) is 8.96. The van der Waals surface area contributed by atoms with Gasteiger partial charge in [0.1, 0.15) is 0 Å². The van der Waals surface area contributed by atoms with Crippen molar-refractivity contribution in [3.63, 3.8) is 0 Å². The van der Waals surface area contributed by atoms with Gasteiger partial charge in [0.25, 0.3) is 0 Å². The number of nitrogen functional groups attached to an aromatic ring is 1. The van der Waals surface area contributed by atoms with E-state index in [4.69, 9.17) is 10.8 Å². The molecule has 3 aromatic rings. The minimum absolute atomic E-state index is 0. The van der Waals surface area contributed by atoms with E-state index in [9.17, 15) is 13.2 Å². The Labute approximate surface area is 157 Å². The molecule has 6 nitrogen and oxygen atoms in total. The molecule has 0 bridgehead atoms. The summed E-state index contributed by atoms with van der Waals surface area (Å²) in [6.45, 7) is 0.0565. The minimum Gasteiger partial charge on any atom is -0.478 e. The Morgan fingerprint density at radius 1 is 0.962 bits per heavy atom. The van der Waals surface area contributed by atoms with Gasteiger partial charge in [-0.3, -0.25) is 0 Å². The van der Waals surface area contributed by atoms with Crippen LogP contribution in [0.25, 0.3) is 10.8 Å². The van der Waals surface area contributed by atoms with Crippen molar-refractivity contribution in [2.45, 2.75) is 11.4 Å². The predicted molar refractivity (Wildman–Crippen MR) is 103 cm³/mol. The van der Waals surface area contributed by atoms with Crippen LogP contribution >= 0.6 is 12.4 Å². The molecule has 0 unspecified atom stereocenters. The first-order chi connectivity index (χ1) is 11.9. The first-order valence-electron chi connectivity index (χ1n) is 7.47. The van der Waals surface area contributed by atoms with Crippen LogP contribution < -0.4 is 10.5 Å². The molecule has 0 atom stereocenters. The summed E-state index contributed by atoms with van der Waals surface area (Å²) in [6.07, 6.45) is 0. The highest BCUT2D eigenvalue weighted by molar-refractivity contribution is 7.89. The number of nitrogens with one attached hydrogen (secondary N) is 1. The van der Waals surface area contributed by atoms with Crippen LogP contribution in [0.5, 0.6) is 0 Å². The summed E-state index contributed by atoms with van der Waals surface area (Å²) >= 11 is 0. The highest BCUT2D eigenvalue weighted by Crippen LogP contribution is 2.27. The van der Waals surface area contributed by atoms with Crippen LogP contribution in [0.15, 0.2) is 65.6 Å². The Morgan fingerprint density at radius 3 is 2.23 bits per heavy atom. The molecule has 26 heavy (non-hydrogen) atoms. The average molecular weight is 393 g/mol. The number of anilines is 1. The zero-order valence-electron chi connectivity index (χ0n) is 13.5. The molecule has 0 aliphatic rings. The van der Waals surface area contributed by atoms with Crippen molar-refractivity contribution in [1.82, 2.24) is 4.72 Å². The van der Waals surface area contributed by atoms with Crippen LogP contribution in [0.1, 0.15) is 15.9 Å². The normalized spacial score (nSPS) is 11.1. The van der Waals surface area contributed by atoms with E-state index in [1.807, 2.05) is 0 Å². The second-order valence-electron chi connectivity index (χ2n) is 5.53. The Bertz CT molecular complexity index is 1050. The molecule has 8 heteroatoms. The highest BCUT2D eigenvalue weighted by atomic mass is 35.5. The number of sulfonamides is 1. The number of hydrogen-bond acceptors (Lipinski definition) is 4. The molecular formula is C18H17ClN2O4S. The van der Waals surface area contributed by atoms with E-state index in [2.05, 4.69) is 4.72 Å². The molecule has 4 N–H and O–H groups in total. The lowest BCUT2D eigenvalue weighted by Gasteiger charge is -2.11. The van der Waals surface area contributed by atoms with Crippen molar-refractivity contribution in [2.24, 2.45) is 0 Å². The summed E-state index contributed by atoms with van der Waals surface area (Å²) in [4.78, 5) is 11.0. The molecular weight excluding hydrogens is 376 g/mol. The van der Waals surface area contributed by atoms with Crippen LogP contribution in [0, 0.1) is 0 Å². The number of carboxylic acid groups (broad SMARTS) is 1. The molecule has 0 aliphatic carbocycles. The molecule has 0 spiro atoms. The molecule has 3 aromatic carbocycles. The van der Waals surface area contributed by atoms with Gasteiger partial charge in [-0.1, -0.05) is 36.4 Å². The van der Waals surface area contributed by atoms with Crippen molar-refractivity contribution < 1.29 is 18.3 Å². The van der Waals surface area contributed by atoms with E-state index in [-0.39, 0.29) is 29.4 Å². The number of rotatable bonds is 5. The monoisotopic (exact) mass is 392 g/mol. The fourth-order valence-electron chi connectivity index (χ4n) is 2.56. The molecule has 0 fully saturated rings. The fourth-order valence-corrected chi connectivity index (χ4v) is 3.80. The van der Waals surface area contributed by atoms with E-state index >= 15 is 0 Å². The maximum atomic E-state index is 12.7. The number of nitrogens with two attached hydrogens (primary N) is 1. The van der Waals surface area contributed by atoms with Crippen LogP contribution in [0.2, 0.25) is 0 Å². The second-order valence-corrected chi connectivity index (χ2v) is 7.26. The van der Waals surface area contributed by atoms with Gasteiger partial charge in [0, 0.05) is 23.0 Å². The SMILES string of the molecule is Cl.Nc1cccc2c(S(=O)(=O)NCc3ccc(C(=O)O)cc3)cccc12. The largest absolute Gasteiger partial charge is 0.478 e. The number of benzene rings is 3. The molecule has 136 valence electrons. The van der Waals surface area contributed by atoms with E-state index in [0.717, 1.165) is 0 Å². The third-order valence-electron chi connectivity index (χ3n) is 3.87. The lowest BCUT2D eigenvalue weighted by molar-refractivity contribution is 0.0697. The maximum absolute atomic E-state index is 12.7. The van der Waals surface area contributed by atoms with Crippen molar-refractivity contribution in [3.05, 3.63) is 71.8 Å². The van der Waals surface area contributed by atoms with Crippen molar-refractivity contribution >= 4 is 44.9 Å². The van der Waals surface area contributed by atoms with Crippen molar-refractivity contribution in [1.29, 1.82) is 0 Å². The lowest BCUT2D eigenvalue weighted by Crippen LogP contribution is -2.23. The van der Waals surface area contributed by atoms with Gasteiger partial charge in [0.2, 0.25) is 10.0 Å². The number of fused-ring (bicyclic) bond motifs is 1.